The predicted molar refractivity (Wildman–Crippen MR) is 143 cm³/mol. The Morgan fingerprint density at radius 1 is 1.09 bits per heavy atom. The number of nitrogens with zero attached hydrogens (tertiary/aromatic N) is 3. The Labute approximate surface area is 214 Å². The van der Waals surface area contributed by atoms with E-state index in [1.54, 1.807) is 24.4 Å². The molecule has 1 aliphatic rings. The highest BCUT2D eigenvalue weighted by Crippen LogP contribution is 2.34. The standard InChI is InChI=1S/C25H26ClN5O2S2/c1-2-16-12-17(13-18-14-27-24(30-23(16)18)29-19-8-4-3-5-9-19)21-15-28-25(34-21)31-35(32,33)22-11-7-6-10-20(22)26/h6-7,10-15,19H,2-5,8-9H2,1H3,(H,28,31)(H,27,29,30). The first-order chi connectivity index (χ1) is 16.9. The monoisotopic (exact) mass is 527 g/mol. The Bertz CT molecular complexity index is 1470. The highest BCUT2D eigenvalue weighted by molar-refractivity contribution is 7.93. The lowest BCUT2D eigenvalue weighted by Crippen LogP contribution is -2.23. The maximum absolute atomic E-state index is 12.8. The zero-order valence-electron chi connectivity index (χ0n) is 19.3. The van der Waals surface area contributed by atoms with E-state index in [0.29, 0.717) is 12.0 Å². The topological polar surface area (TPSA) is 96.9 Å². The lowest BCUT2D eigenvalue weighted by Gasteiger charge is -2.22. The van der Waals surface area contributed by atoms with Crippen LogP contribution in [0, 0.1) is 0 Å². The zero-order chi connectivity index (χ0) is 24.4. The van der Waals surface area contributed by atoms with Crippen LogP contribution in [0.2, 0.25) is 5.02 Å². The molecule has 2 aromatic carbocycles. The number of rotatable bonds is 7. The van der Waals surface area contributed by atoms with Crippen molar-refractivity contribution in [3.63, 3.8) is 0 Å². The minimum atomic E-state index is -3.84. The highest BCUT2D eigenvalue weighted by Gasteiger charge is 2.20. The van der Waals surface area contributed by atoms with Crippen LogP contribution in [-0.4, -0.2) is 29.4 Å². The van der Waals surface area contributed by atoms with Crippen molar-refractivity contribution in [3.8, 4) is 10.4 Å². The molecule has 1 fully saturated rings. The summed E-state index contributed by atoms with van der Waals surface area (Å²) in [6.07, 6.45) is 10.5. The second-order valence-corrected chi connectivity index (χ2v) is 11.8. The molecule has 0 unspecified atom stereocenters. The van der Waals surface area contributed by atoms with E-state index in [-0.39, 0.29) is 15.0 Å². The van der Waals surface area contributed by atoms with Crippen LogP contribution in [0.25, 0.3) is 21.3 Å². The molecule has 1 aliphatic carbocycles. The number of aromatic nitrogens is 3. The molecule has 0 radical (unpaired) electrons. The summed E-state index contributed by atoms with van der Waals surface area (Å²) in [7, 11) is -3.84. The fourth-order valence-electron chi connectivity index (χ4n) is 4.42. The summed E-state index contributed by atoms with van der Waals surface area (Å²) in [6.45, 7) is 2.10. The first-order valence-corrected chi connectivity index (χ1v) is 14.4. The van der Waals surface area contributed by atoms with Crippen LogP contribution in [0.1, 0.15) is 44.6 Å². The number of fused-ring (bicyclic) bond motifs is 1. The van der Waals surface area contributed by atoms with Crippen molar-refractivity contribution in [1.29, 1.82) is 0 Å². The van der Waals surface area contributed by atoms with E-state index in [1.807, 2.05) is 12.3 Å². The molecule has 2 N–H and O–H groups in total. The maximum Gasteiger partial charge on any atom is 0.265 e. The highest BCUT2D eigenvalue weighted by atomic mass is 35.5. The van der Waals surface area contributed by atoms with Crippen molar-refractivity contribution in [2.24, 2.45) is 0 Å². The lowest BCUT2D eigenvalue weighted by molar-refractivity contribution is 0.461. The average molecular weight is 528 g/mol. The third-order valence-corrected chi connectivity index (χ3v) is 9.15. The summed E-state index contributed by atoms with van der Waals surface area (Å²) in [5, 5.41) is 4.90. The summed E-state index contributed by atoms with van der Waals surface area (Å²) < 4.78 is 28.1. The molecule has 1 saturated carbocycles. The van der Waals surface area contributed by atoms with Gasteiger partial charge in [0.05, 0.1) is 15.4 Å². The van der Waals surface area contributed by atoms with Crippen molar-refractivity contribution in [2.75, 3.05) is 10.0 Å². The van der Waals surface area contributed by atoms with Crippen molar-refractivity contribution in [1.82, 2.24) is 15.0 Å². The molecule has 0 atom stereocenters. The summed E-state index contributed by atoms with van der Waals surface area (Å²) >= 11 is 7.35. The van der Waals surface area contributed by atoms with Crippen LogP contribution in [0.5, 0.6) is 0 Å². The maximum atomic E-state index is 12.8. The third kappa shape index (κ3) is 5.27. The van der Waals surface area contributed by atoms with Gasteiger partial charge in [0, 0.05) is 23.8 Å². The summed E-state index contributed by atoms with van der Waals surface area (Å²) in [6, 6.07) is 10.9. The number of aryl methyl sites for hydroxylation is 1. The van der Waals surface area contributed by atoms with E-state index >= 15 is 0 Å². The van der Waals surface area contributed by atoms with Crippen LogP contribution in [0.4, 0.5) is 11.1 Å². The van der Waals surface area contributed by atoms with Crippen molar-refractivity contribution >= 4 is 54.9 Å². The number of anilines is 2. The van der Waals surface area contributed by atoms with Gasteiger partial charge in [0.2, 0.25) is 5.95 Å². The Hall–Kier alpha value is -2.75. The molecular formula is C25H26ClN5O2S2. The van der Waals surface area contributed by atoms with Crippen LogP contribution in [0.3, 0.4) is 0 Å². The fraction of sp³-hybridized carbons (Fsp3) is 0.320. The van der Waals surface area contributed by atoms with E-state index in [4.69, 9.17) is 16.6 Å². The molecule has 0 amide bonds. The van der Waals surface area contributed by atoms with Crippen LogP contribution in [-0.2, 0) is 16.4 Å². The quantitative estimate of drug-likeness (QED) is 0.284. The second kappa shape index (κ2) is 10.1. The molecule has 0 bridgehead atoms. The van der Waals surface area contributed by atoms with Gasteiger partial charge in [0.1, 0.15) is 4.90 Å². The van der Waals surface area contributed by atoms with Crippen LogP contribution < -0.4 is 10.0 Å². The van der Waals surface area contributed by atoms with Crippen molar-refractivity contribution in [3.05, 3.63) is 59.4 Å². The van der Waals surface area contributed by atoms with Gasteiger partial charge in [-0.05, 0) is 54.7 Å². The van der Waals surface area contributed by atoms with Gasteiger partial charge >= 0.3 is 0 Å². The molecule has 0 spiro atoms. The van der Waals surface area contributed by atoms with E-state index in [2.05, 4.69) is 33.0 Å². The van der Waals surface area contributed by atoms with Crippen molar-refractivity contribution < 1.29 is 8.42 Å². The first-order valence-electron chi connectivity index (χ1n) is 11.7. The molecule has 7 nitrogen and oxygen atoms in total. The van der Waals surface area contributed by atoms with E-state index in [9.17, 15) is 8.42 Å². The van der Waals surface area contributed by atoms with E-state index in [1.165, 1.54) is 36.7 Å². The summed E-state index contributed by atoms with van der Waals surface area (Å²) in [5.74, 6) is 0.681. The number of benzene rings is 2. The van der Waals surface area contributed by atoms with Gasteiger partial charge < -0.3 is 5.32 Å². The number of hydrogen-bond acceptors (Lipinski definition) is 7. The minimum Gasteiger partial charge on any atom is -0.351 e. The number of sulfonamides is 1. The number of hydrogen-bond donors (Lipinski definition) is 2. The van der Waals surface area contributed by atoms with Crippen molar-refractivity contribution in [2.45, 2.75) is 56.4 Å². The van der Waals surface area contributed by atoms with E-state index < -0.39 is 10.0 Å². The number of nitrogens with one attached hydrogen (secondary N) is 2. The SMILES string of the molecule is CCc1cc(-c2cnc(NS(=O)(=O)c3ccccc3Cl)s2)cc2cnc(NC3CCCCC3)nc12. The summed E-state index contributed by atoms with van der Waals surface area (Å²) in [4.78, 5) is 14.6. The number of halogens is 1. The van der Waals surface area contributed by atoms with E-state index in [0.717, 1.165) is 46.2 Å². The fourth-order valence-corrected chi connectivity index (χ4v) is 6.98. The Kier molecular flexibility index (Phi) is 6.91. The Balaban J connectivity index is 1.41. The summed E-state index contributed by atoms with van der Waals surface area (Å²) in [5.41, 5.74) is 3.00. The van der Waals surface area contributed by atoms with Gasteiger partial charge in [0.25, 0.3) is 10.0 Å². The van der Waals surface area contributed by atoms with Crippen LogP contribution in [0.15, 0.2) is 53.7 Å². The second-order valence-electron chi connectivity index (χ2n) is 8.67. The molecule has 0 aliphatic heterocycles. The largest absolute Gasteiger partial charge is 0.351 e. The molecule has 4 aromatic rings. The molecule has 0 saturated heterocycles. The minimum absolute atomic E-state index is 0.0205. The van der Waals surface area contributed by atoms with Gasteiger partial charge in [-0.2, -0.15) is 0 Å². The van der Waals surface area contributed by atoms with Gasteiger partial charge in [-0.15, -0.1) is 0 Å². The third-order valence-electron chi connectivity index (χ3n) is 6.22. The average Bonchev–Trinajstić information content (AvgIpc) is 3.32. The molecule has 5 rings (SSSR count). The van der Waals surface area contributed by atoms with Crippen LogP contribution >= 0.6 is 22.9 Å². The van der Waals surface area contributed by atoms with Gasteiger partial charge in [-0.3, -0.25) is 4.72 Å². The first kappa shape index (κ1) is 24.0. The lowest BCUT2D eigenvalue weighted by atomic mass is 9.96. The molecule has 2 aromatic heterocycles. The normalized spacial score (nSPS) is 14.8. The molecular weight excluding hydrogens is 502 g/mol. The zero-order valence-corrected chi connectivity index (χ0v) is 21.7. The Morgan fingerprint density at radius 3 is 2.66 bits per heavy atom. The molecule has 10 heteroatoms. The predicted octanol–water partition coefficient (Wildman–Crippen LogP) is 6.51. The van der Waals surface area contributed by atoms with Gasteiger partial charge in [-0.25, -0.2) is 23.4 Å². The molecule has 35 heavy (non-hydrogen) atoms. The molecule has 2 heterocycles. The number of thiazole rings is 1. The Morgan fingerprint density at radius 2 is 1.89 bits per heavy atom. The van der Waals surface area contributed by atoms with Gasteiger partial charge in [-0.1, -0.05) is 61.3 Å². The smallest absolute Gasteiger partial charge is 0.265 e. The van der Waals surface area contributed by atoms with Gasteiger partial charge in [0.15, 0.2) is 5.13 Å². The molecule has 182 valence electrons.